The average molecular weight is 300 g/mol. The molecule has 19 heavy (non-hydrogen) atoms. The van der Waals surface area contributed by atoms with Crippen molar-refractivity contribution in [1.29, 1.82) is 0 Å². The van der Waals surface area contributed by atoms with Crippen molar-refractivity contribution in [3.8, 4) is 0 Å². The minimum absolute atomic E-state index is 0.297. The van der Waals surface area contributed by atoms with E-state index in [9.17, 15) is 8.42 Å². The summed E-state index contributed by atoms with van der Waals surface area (Å²) in [4.78, 5) is 0.916. The molecule has 0 amide bonds. The molecular formula is C14H20O3S2. The van der Waals surface area contributed by atoms with Gasteiger partial charge in [0.25, 0.3) is 10.1 Å². The normalized spacial score (nSPS) is 16.1. The van der Waals surface area contributed by atoms with E-state index >= 15 is 0 Å². The second-order valence-corrected chi connectivity index (χ2v) is 7.64. The summed E-state index contributed by atoms with van der Waals surface area (Å²) in [6, 6.07) is 9.77. The van der Waals surface area contributed by atoms with Crippen LogP contribution in [0, 0.1) is 0 Å². The second kappa shape index (κ2) is 7.03. The van der Waals surface area contributed by atoms with E-state index in [-0.39, 0.29) is 10.5 Å². The van der Waals surface area contributed by atoms with Crippen molar-refractivity contribution in [3.63, 3.8) is 0 Å². The summed E-state index contributed by atoms with van der Waals surface area (Å²) in [7, 11) is -3.77. The molecule has 1 unspecified atom stereocenters. The molecule has 0 bridgehead atoms. The van der Waals surface area contributed by atoms with Gasteiger partial charge in [0.15, 0.2) is 0 Å². The highest BCUT2D eigenvalue weighted by Crippen LogP contribution is 2.29. The Morgan fingerprint density at radius 2 is 2.00 bits per heavy atom. The van der Waals surface area contributed by atoms with Gasteiger partial charge in [-0.2, -0.15) is 18.9 Å². The Balaban J connectivity index is 3.12. The van der Waals surface area contributed by atoms with Crippen LogP contribution < -0.4 is 0 Å². The van der Waals surface area contributed by atoms with Gasteiger partial charge in [-0.3, -0.25) is 4.18 Å². The molecule has 0 aliphatic heterocycles. The van der Waals surface area contributed by atoms with Gasteiger partial charge in [-0.1, -0.05) is 43.1 Å². The number of rotatable bonds is 6. The van der Waals surface area contributed by atoms with E-state index < -0.39 is 16.2 Å². The molecule has 1 rings (SSSR count). The first kappa shape index (κ1) is 16.1. The van der Waals surface area contributed by atoms with Crippen LogP contribution in [-0.2, 0) is 14.3 Å². The topological polar surface area (TPSA) is 43.4 Å². The Labute approximate surface area is 118 Å². The molecule has 0 aliphatic rings. The quantitative estimate of drug-likeness (QED) is 0.599. The van der Waals surface area contributed by atoms with E-state index in [1.807, 2.05) is 49.6 Å². The predicted octanol–water partition coefficient (Wildman–Crippen LogP) is 3.11. The first-order valence-electron chi connectivity index (χ1n) is 5.94. The first-order valence-corrected chi connectivity index (χ1v) is 9.56. The minimum Gasteiger partial charge on any atom is -0.262 e. The van der Waals surface area contributed by atoms with Gasteiger partial charge in [0, 0.05) is 4.91 Å². The summed E-state index contributed by atoms with van der Waals surface area (Å²) >= 11 is 0. The molecular weight excluding hydrogens is 280 g/mol. The highest BCUT2D eigenvalue weighted by atomic mass is 32.2. The molecule has 106 valence electrons. The zero-order chi connectivity index (χ0) is 14.5. The lowest BCUT2D eigenvalue weighted by Gasteiger charge is -2.19. The van der Waals surface area contributed by atoms with Crippen molar-refractivity contribution in [2.75, 3.05) is 12.5 Å². The van der Waals surface area contributed by atoms with E-state index in [4.69, 9.17) is 4.18 Å². The maximum atomic E-state index is 11.3. The number of hydrogen-bond acceptors (Lipinski definition) is 3. The average Bonchev–Trinajstić information content (AvgIpc) is 2.33. The Hall–Kier alpha value is -0.910. The Morgan fingerprint density at radius 3 is 2.42 bits per heavy atom. The summed E-state index contributed by atoms with van der Waals surface area (Å²) in [6.45, 7) is 1.90. The number of hydrogen-bond donors (Lipinski definition) is 0. The SMILES string of the molecule is C=S(C)/C(=C/c1ccccc1)[C@@H](CC)OS(C)(=O)=O. The predicted molar refractivity (Wildman–Crippen MR) is 85.1 cm³/mol. The minimum atomic E-state index is -3.47. The van der Waals surface area contributed by atoms with Crippen LogP contribution in [0.25, 0.3) is 6.08 Å². The zero-order valence-electron chi connectivity index (χ0n) is 11.5. The molecule has 0 heterocycles. The van der Waals surface area contributed by atoms with Crippen molar-refractivity contribution in [2.45, 2.75) is 19.4 Å². The molecule has 0 fully saturated rings. The molecule has 0 saturated carbocycles. The van der Waals surface area contributed by atoms with Crippen molar-refractivity contribution >= 4 is 32.5 Å². The monoisotopic (exact) mass is 300 g/mol. The van der Waals surface area contributed by atoms with E-state index in [2.05, 4.69) is 5.87 Å². The van der Waals surface area contributed by atoms with Crippen molar-refractivity contribution < 1.29 is 12.6 Å². The van der Waals surface area contributed by atoms with E-state index in [0.717, 1.165) is 16.7 Å². The summed E-state index contributed by atoms with van der Waals surface area (Å²) in [6.07, 6.45) is 5.16. The number of benzene rings is 1. The van der Waals surface area contributed by atoms with Gasteiger partial charge >= 0.3 is 0 Å². The third kappa shape index (κ3) is 5.72. The maximum absolute atomic E-state index is 11.3. The Morgan fingerprint density at radius 1 is 1.42 bits per heavy atom. The standard InChI is InChI=1S/C14H20O3S2/c1-5-13(17-19(4,15)16)14(18(2)3)11-12-9-7-6-8-10-12/h6-11,13H,2,5H2,1,3-4H3/b14-11+/t13-,18?/m1/s1. The molecule has 3 nitrogen and oxygen atoms in total. The fraction of sp³-hybridized carbons (Fsp3) is 0.357. The summed E-state index contributed by atoms with van der Waals surface area (Å²) < 4.78 is 27.8. The van der Waals surface area contributed by atoms with Crippen LogP contribution in [0.5, 0.6) is 0 Å². The molecule has 0 spiro atoms. The smallest absolute Gasteiger partial charge is 0.262 e. The lowest BCUT2D eigenvalue weighted by atomic mass is 10.1. The molecule has 0 aromatic heterocycles. The maximum Gasteiger partial charge on any atom is 0.264 e. The van der Waals surface area contributed by atoms with Crippen LogP contribution in [0.1, 0.15) is 18.9 Å². The van der Waals surface area contributed by atoms with Crippen molar-refractivity contribution in [1.82, 2.24) is 0 Å². The van der Waals surface area contributed by atoms with Gasteiger partial charge in [-0.05, 0) is 24.3 Å². The van der Waals surface area contributed by atoms with E-state index in [1.165, 1.54) is 0 Å². The van der Waals surface area contributed by atoms with E-state index in [1.54, 1.807) is 0 Å². The Bertz CT molecular complexity index is 560. The lowest BCUT2D eigenvalue weighted by Crippen LogP contribution is -2.18. The van der Waals surface area contributed by atoms with Crippen LogP contribution in [0.3, 0.4) is 0 Å². The summed E-state index contributed by atoms with van der Waals surface area (Å²) in [5.41, 5.74) is 1.02. The molecule has 0 aliphatic carbocycles. The lowest BCUT2D eigenvalue weighted by molar-refractivity contribution is 0.251. The summed E-state index contributed by atoms with van der Waals surface area (Å²) in [5.74, 6) is 4.02. The van der Waals surface area contributed by atoms with Crippen LogP contribution in [0.4, 0.5) is 0 Å². The van der Waals surface area contributed by atoms with Gasteiger partial charge in [-0.15, -0.1) is 0 Å². The highest BCUT2D eigenvalue weighted by Gasteiger charge is 2.18. The molecule has 2 atom stereocenters. The first-order chi connectivity index (χ1) is 8.83. The third-order valence-electron chi connectivity index (χ3n) is 2.49. The molecule has 0 radical (unpaired) electrons. The third-order valence-corrected chi connectivity index (χ3v) is 4.26. The van der Waals surface area contributed by atoms with Crippen LogP contribution in [-0.4, -0.2) is 32.9 Å². The molecule has 0 saturated heterocycles. The second-order valence-electron chi connectivity index (χ2n) is 4.29. The van der Waals surface area contributed by atoms with Gasteiger partial charge in [0.1, 0.15) is 6.10 Å². The summed E-state index contributed by atoms with van der Waals surface area (Å²) in [5, 5.41) is 0. The Kier molecular flexibility index (Phi) is 5.97. The highest BCUT2D eigenvalue weighted by molar-refractivity contribution is 8.17. The van der Waals surface area contributed by atoms with Crippen molar-refractivity contribution in [3.05, 3.63) is 40.8 Å². The largest absolute Gasteiger partial charge is 0.264 e. The van der Waals surface area contributed by atoms with Gasteiger partial charge in [0.2, 0.25) is 0 Å². The molecule has 5 heteroatoms. The van der Waals surface area contributed by atoms with Gasteiger partial charge < -0.3 is 0 Å². The van der Waals surface area contributed by atoms with Crippen LogP contribution in [0.2, 0.25) is 0 Å². The van der Waals surface area contributed by atoms with E-state index in [0.29, 0.717) is 6.42 Å². The molecule has 1 aromatic rings. The fourth-order valence-corrected chi connectivity index (χ4v) is 3.38. The van der Waals surface area contributed by atoms with Gasteiger partial charge in [-0.25, -0.2) is 0 Å². The van der Waals surface area contributed by atoms with Crippen LogP contribution in [0.15, 0.2) is 35.2 Å². The fourth-order valence-electron chi connectivity index (χ4n) is 1.66. The van der Waals surface area contributed by atoms with Crippen LogP contribution >= 0.6 is 10.5 Å². The van der Waals surface area contributed by atoms with Crippen molar-refractivity contribution in [2.24, 2.45) is 0 Å². The molecule has 0 N–H and O–H groups in total. The zero-order valence-corrected chi connectivity index (χ0v) is 13.1. The molecule has 1 aromatic carbocycles. The van der Waals surface area contributed by atoms with Gasteiger partial charge in [0.05, 0.1) is 6.26 Å².